The maximum atomic E-state index is 12.9. The first kappa shape index (κ1) is 12.3. The van der Waals surface area contributed by atoms with Gasteiger partial charge in [-0.3, -0.25) is 4.79 Å². The van der Waals surface area contributed by atoms with Gasteiger partial charge in [0.2, 0.25) is 0 Å². The van der Waals surface area contributed by atoms with E-state index < -0.39 is 0 Å². The fourth-order valence-corrected chi connectivity index (χ4v) is 1.81. The highest BCUT2D eigenvalue weighted by Gasteiger charge is 2.09. The van der Waals surface area contributed by atoms with Gasteiger partial charge in [0.15, 0.2) is 5.78 Å². The Morgan fingerprint density at radius 3 is 2.22 bits per heavy atom. The van der Waals surface area contributed by atoms with Crippen molar-refractivity contribution in [1.82, 2.24) is 0 Å². The molecule has 0 saturated heterocycles. The zero-order chi connectivity index (χ0) is 13.1. The summed E-state index contributed by atoms with van der Waals surface area (Å²) < 4.78 is 18.0. The molecule has 0 aliphatic carbocycles. The van der Waals surface area contributed by atoms with Crippen molar-refractivity contribution in [3.05, 3.63) is 53.8 Å². The van der Waals surface area contributed by atoms with Crippen molar-refractivity contribution in [2.45, 2.75) is 6.92 Å². The molecule has 0 atom stereocenters. The fraction of sp³-hybridized carbons (Fsp3) is 0.133. The maximum absolute atomic E-state index is 12.9. The highest BCUT2D eigenvalue weighted by atomic mass is 19.1. The minimum absolute atomic E-state index is 0.0594. The van der Waals surface area contributed by atoms with E-state index in [1.165, 1.54) is 26.2 Å². The molecule has 2 aromatic rings. The summed E-state index contributed by atoms with van der Waals surface area (Å²) in [7, 11) is 1.53. The maximum Gasteiger partial charge on any atom is 0.163 e. The third-order valence-electron chi connectivity index (χ3n) is 2.76. The van der Waals surface area contributed by atoms with Crippen molar-refractivity contribution in [2.75, 3.05) is 7.11 Å². The Kier molecular flexibility index (Phi) is 3.42. The molecule has 2 aromatic carbocycles. The molecule has 0 bridgehead atoms. The van der Waals surface area contributed by atoms with Gasteiger partial charge >= 0.3 is 0 Å². The minimum Gasteiger partial charge on any atom is -0.496 e. The van der Waals surface area contributed by atoms with Crippen LogP contribution in [0.5, 0.6) is 5.75 Å². The summed E-state index contributed by atoms with van der Waals surface area (Å²) in [5, 5.41) is 0. The molecule has 0 aromatic heterocycles. The summed E-state index contributed by atoms with van der Waals surface area (Å²) in [6.07, 6.45) is 0. The molecular formula is C15H13FO2. The summed E-state index contributed by atoms with van der Waals surface area (Å²) in [5.74, 6) is 0.211. The van der Waals surface area contributed by atoms with E-state index in [1.54, 1.807) is 24.3 Å². The van der Waals surface area contributed by atoms with Crippen LogP contribution in [0.25, 0.3) is 11.1 Å². The van der Waals surface area contributed by atoms with E-state index >= 15 is 0 Å². The molecule has 0 fully saturated rings. The van der Waals surface area contributed by atoms with Gasteiger partial charge in [0, 0.05) is 0 Å². The topological polar surface area (TPSA) is 26.3 Å². The zero-order valence-electron chi connectivity index (χ0n) is 10.2. The van der Waals surface area contributed by atoms with Gasteiger partial charge in [0.05, 0.1) is 12.7 Å². The lowest BCUT2D eigenvalue weighted by molar-refractivity contribution is 0.101. The second kappa shape index (κ2) is 5.00. The smallest absolute Gasteiger partial charge is 0.163 e. The molecule has 92 valence electrons. The molecule has 2 rings (SSSR count). The van der Waals surface area contributed by atoms with E-state index in [4.69, 9.17) is 4.74 Å². The number of ketones is 1. The molecule has 0 N–H and O–H groups in total. The number of carbonyl (C=O) groups is 1. The van der Waals surface area contributed by atoms with Gasteiger partial charge in [-0.1, -0.05) is 18.2 Å². The molecule has 0 saturated carbocycles. The Labute approximate surface area is 105 Å². The van der Waals surface area contributed by atoms with Crippen LogP contribution in [-0.4, -0.2) is 12.9 Å². The highest BCUT2D eigenvalue weighted by molar-refractivity contribution is 5.98. The number of hydrogen-bond acceptors (Lipinski definition) is 2. The zero-order valence-corrected chi connectivity index (χ0v) is 10.2. The summed E-state index contributed by atoms with van der Waals surface area (Å²) >= 11 is 0. The van der Waals surface area contributed by atoms with E-state index in [0.29, 0.717) is 11.3 Å². The molecular weight excluding hydrogens is 231 g/mol. The number of halogens is 1. The summed E-state index contributed by atoms with van der Waals surface area (Å²) in [6.45, 7) is 1.49. The van der Waals surface area contributed by atoms with Crippen LogP contribution in [0.15, 0.2) is 42.5 Å². The number of benzene rings is 2. The molecule has 2 nitrogen and oxygen atoms in total. The number of carbonyl (C=O) groups excluding carboxylic acids is 1. The fourth-order valence-electron chi connectivity index (χ4n) is 1.81. The SMILES string of the molecule is COc1ccc(-c2ccc(F)cc2)cc1C(C)=O. The average molecular weight is 244 g/mol. The van der Waals surface area contributed by atoms with Gasteiger partial charge in [0.1, 0.15) is 11.6 Å². The first-order valence-electron chi connectivity index (χ1n) is 5.56. The van der Waals surface area contributed by atoms with Crippen molar-refractivity contribution in [2.24, 2.45) is 0 Å². The molecule has 0 aliphatic rings. The Hall–Kier alpha value is -2.16. The van der Waals surface area contributed by atoms with Gasteiger partial charge in [0.25, 0.3) is 0 Å². The number of Topliss-reactive ketones (excluding diaryl/α,β-unsaturated/α-hetero) is 1. The lowest BCUT2D eigenvalue weighted by Crippen LogP contribution is -1.97. The summed E-state index contributed by atoms with van der Waals surface area (Å²) in [4.78, 5) is 11.5. The van der Waals surface area contributed by atoms with E-state index in [1.807, 2.05) is 6.07 Å². The van der Waals surface area contributed by atoms with Gasteiger partial charge in [-0.15, -0.1) is 0 Å². The largest absolute Gasteiger partial charge is 0.496 e. The monoisotopic (exact) mass is 244 g/mol. The first-order chi connectivity index (χ1) is 8.61. The average Bonchev–Trinajstić information content (AvgIpc) is 2.39. The van der Waals surface area contributed by atoms with Crippen molar-refractivity contribution in [3.63, 3.8) is 0 Å². The number of methoxy groups -OCH3 is 1. The number of ether oxygens (including phenoxy) is 1. The van der Waals surface area contributed by atoms with Crippen LogP contribution in [0.1, 0.15) is 17.3 Å². The standard InChI is InChI=1S/C15H13FO2/c1-10(17)14-9-12(5-8-15(14)18-2)11-3-6-13(16)7-4-11/h3-9H,1-2H3. The molecule has 0 aliphatic heterocycles. The Bertz CT molecular complexity index is 574. The van der Waals surface area contributed by atoms with Gasteiger partial charge in [-0.05, 0) is 42.3 Å². The predicted octanol–water partition coefficient (Wildman–Crippen LogP) is 3.70. The van der Waals surface area contributed by atoms with Crippen LogP contribution >= 0.6 is 0 Å². The molecule has 0 amide bonds. The Morgan fingerprint density at radius 2 is 1.67 bits per heavy atom. The van der Waals surface area contributed by atoms with Crippen LogP contribution in [0.3, 0.4) is 0 Å². The number of rotatable bonds is 3. The van der Waals surface area contributed by atoms with Crippen molar-refractivity contribution < 1.29 is 13.9 Å². The molecule has 0 unspecified atom stereocenters. The minimum atomic E-state index is -0.279. The molecule has 18 heavy (non-hydrogen) atoms. The summed E-state index contributed by atoms with van der Waals surface area (Å²) in [5.41, 5.74) is 2.25. The van der Waals surface area contributed by atoms with Crippen LogP contribution in [0.4, 0.5) is 4.39 Å². The highest BCUT2D eigenvalue weighted by Crippen LogP contribution is 2.27. The van der Waals surface area contributed by atoms with Crippen LogP contribution in [0, 0.1) is 5.82 Å². The van der Waals surface area contributed by atoms with Gasteiger partial charge < -0.3 is 4.74 Å². The first-order valence-corrected chi connectivity index (χ1v) is 5.56. The van der Waals surface area contributed by atoms with E-state index in [2.05, 4.69) is 0 Å². The predicted molar refractivity (Wildman–Crippen MR) is 68.4 cm³/mol. The lowest BCUT2D eigenvalue weighted by Gasteiger charge is -2.08. The third kappa shape index (κ3) is 2.40. The van der Waals surface area contributed by atoms with Gasteiger partial charge in [-0.2, -0.15) is 0 Å². The molecule has 0 heterocycles. The number of hydrogen-bond donors (Lipinski definition) is 0. The van der Waals surface area contributed by atoms with Crippen LogP contribution < -0.4 is 4.74 Å². The van der Waals surface area contributed by atoms with Crippen LogP contribution in [0.2, 0.25) is 0 Å². The van der Waals surface area contributed by atoms with Crippen LogP contribution in [-0.2, 0) is 0 Å². The summed E-state index contributed by atoms with van der Waals surface area (Å²) in [6, 6.07) is 11.5. The Morgan fingerprint density at radius 1 is 1.06 bits per heavy atom. The van der Waals surface area contributed by atoms with Crippen molar-refractivity contribution in [3.8, 4) is 16.9 Å². The molecule has 0 radical (unpaired) electrons. The van der Waals surface area contributed by atoms with E-state index in [0.717, 1.165) is 11.1 Å². The lowest BCUT2D eigenvalue weighted by atomic mass is 10.0. The van der Waals surface area contributed by atoms with Gasteiger partial charge in [-0.25, -0.2) is 4.39 Å². The third-order valence-corrected chi connectivity index (χ3v) is 2.76. The van der Waals surface area contributed by atoms with Crippen molar-refractivity contribution >= 4 is 5.78 Å². The second-order valence-corrected chi connectivity index (χ2v) is 3.98. The second-order valence-electron chi connectivity index (χ2n) is 3.98. The van der Waals surface area contributed by atoms with E-state index in [-0.39, 0.29) is 11.6 Å². The Balaban J connectivity index is 2.49. The quantitative estimate of drug-likeness (QED) is 0.769. The molecule has 0 spiro atoms. The normalized spacial score (nSPS) is 10.2. The molecule has 3 heteroatoms. The van der Waals surface area contributed by atoms with Crippen molar-refractivity contribution in [1.29, 1.82) is 0 Å². The van der Waals surface area contributed by atoms with E-state index in [9.17, 15) is 9.18 Å².